The number of ether oxygens (including phenoxy) is 1. The van der Waals surface area contributed by atoms with E-state index in [1.165, 1.54) is 6.07 Å². The molecule has 0 aliphatic heterocycles. The predicted molar refractivity (Wildman–Crippen MR) is 79.1 cm³/mol. The van der Waals surface area contributed by atoms with Gasteiger partial charge in [0.25, 0.3) is 0 Å². The number of nitriles is 1. The lowest BCUT2D eigenvalue weighted by Gasteiger charge is -2.15. The molecule has 1 atom stereocenters. The molecule has 0 bridgehead atoms. The molecule has 0 fully saturated rings. The van der Waals surface area contributed by atoms with Crippen molar-refractivity contribution in [3.63, 3.8) is 0 Å². The Morgan fingerprint density at radius 3 is 2.71 bits per heavy atom. The van der Waals surface area contributed by atoms with Gasteiger partial charge in [-0.1, -0.05) is 31.2 Å². The van der Waals surface area contributed by atoms with Crippen molar-refractivity contribution in [2.45, 2.75) is 26.0 Å². The van der Waals surface area contributed by atoms with Gasteiger partial charge in [0.15, 0.2) is 0 Å². The predicted octanol–water partition coefficient (Wildman–Crippen LogP) is 3.69. The molecule has 2 N–H and O–H groups in total. The average Bonchev–Trinajstić information content (AvgIpc) is 2.53. The standard InChI is InChI=1S/C17H17FN2O/c1-2-16(20)14-5-3-4-6-17(14)21-11-13-8-7-12(10-19)9-15(13)18/h3-9,16H,2,11,20H2,1H3/t16-/m1/s1. The van der Waals surface area contributed by atoms with Gasteiger partial charge < -0.3 is 10.5 Å². The summed E-state index contributed by atoms with van der Waals surface area (Å²) in [7, 11) is 0. The number of nitrogens with two attached hydrogens (primary N) is 1. The van der Waals surface area contributed by atoms with Gasteiger partial charge in [0, 0.05) is 17.2 Å². The fourth-order valence-corrected chi connectivity index (χ4v) is 2.03. The van der Waals surface area contributed by atoms with Crippen LogP contribution in [0.25, 0.3) is 0 Å². The van der Waals surface area contributed by atoms with Gasteiger partial charge in [-0.05, 0) is 24.6 Å². The van der Waals surface area contributed by atoms with Gasteiger partial charge in [0.1, 0.15) is 18.2 Å². The van der Waals surface area contributed by atoms with Gasteiger partial charge in [-0.3, -0.25) is 0 Å². The molecule has 2 rings (SSSR count). The van der Waals surface area contributed by atoms with E-state index in [-0.39, 0.29) is 12.6 Å². The van der Waals surface area contributed by atoms with Crippen molar-refractivity contribution in [2.75, 3.05) is 0 Å². The highest BCUT2D eigenvalue weighted by atomic mass is 19.1. The van der Waals surface area contributed by atoms with Crippen LogP contribution in [-0.4, -0.2) is 0 Å². The van der Waals surface area contributed by atoms with E-state index in [1.807, 2.05) is 37.3 Å². The van der Waals surface area contributed by atoms with Crippen LogP contribution >= 0.6 is 0 Å². The first-order valence-corrected chi connectivity index (χ1v) is 6.81. The Morgan fingerprint density at radius 1 is 1.29 bits per heavy atom. The van der Waals surface area contributed by atoms with Crippen molar-refractivity contribution in [3.8, 4) is 11.8 Å². The first-order chi connectivity index (χ1) is 10.2. The number of halogens is 1. The molecule has 0 amide bonds. The lowest BCUT2D eigenvalue weighted by molar-refractivity contribution is 0.294. The molecule has 2 aromatic carbocycles. The van der Waals surface area contributed by atoms with Crippen LogP contribution in [0.1, 0.15) is 36.1 Å². The maximum Gasteiger partial charge on any atom is 0.131 e. The Morgan fingerprint density at radius 2 is 2.05 bits per heavy atom. The number of benzene rings is 2. The maximum absolute atomic E-state index is 13.8. The summed E-state index contributed by atoms with van der Waals surface area (Å²) >= 11 is 0. The fraction of sp³-hybridized carbons (Fsp3) is 0.235. The molecule has 0 unspecified atom stereocenters. The molecule has 4 heteroatoms. The van der Waals surface area contributed by atoms with E-state index in [0.29, 0.717) is 16.9 Å². The van der Waals surface area contributed by atoms with E-state index >= 15 is 0 Å². The van der Waals surface area contributed by atoms with Crippen molar-refractivity contribution in [2.24, 2.45) is 5.73 Å². The maximum atomic E-state index is 13.8. The van der Waals surface area contributed by atoms with Crippen LogP contribution in [0.3, 0.4) is 0 Å². The summed E-state index contributed by atoms with van der Waals surface area (Å²) in [5.74, 6) is 0.224. The van der Waals surface area contributed by atoms with Crippen molar-refractivity contribution >= 4 is 0 Å². The van der Waals surface area contributed by atoms with Crippen molar-refractivity contribution < 1.29 is 9.13 Å². The zero-order valence-electron chi connectivity index (χ0n) is 11.8. The quantitative estimate of drug-likeness (QED) is 0.911. The Bertz CT molecular complexity index is 664. The molecule has 3 nitrogen and oxygen atoms in total. The molecular weight excluding hydrogens is 267 g/mol. The Kier molecular flexibility index (Phi) is 4.91. The second kappa shape index (κ2) is 6.87. The van der Waals surface area contributed by atoms with Crippen molar-refractivity contribution in [3.05, 3.63) is 65.0 Å². The molecule has 2 aromatic rings. The average molecular weight is 284 g/mol. The Labute approximate surface area is 123 Å². The third-order valence-corrected chi connectivity index (χ3v) is 3.32. The SMILES string of the molecule is CC[C@@H](N)c1ccccc1OCc1ccc(C#N)cc1F. The van der Waals surface area contributed by atoms with Crippen LogP contribution in [-0.2, 0) is 6.61 Å². The molecule has 0 aliphatic carbocycles. The molecule has 108 valence electrons. The molecule has 0 saturated heterocycles. The van der Waals surface area contributed by atoms with Crippen LogP contribution in [0, 0.1) is 17.1 Å². The van der Waals surface area contributed by atoms with Crippen molar-refractivity contribution in [1.82, 2.24) is 0 Å². The van der Waals surface area contributed by atoms with Gasteiger partial charge in [-0.25, -0.2) is 4.39 Å². The van der Waals surface area contributed by atoms with Gasteiger partial charge >= 0.3 is 0 Å². The molecule has 0 heterocycles. The molecule has 0 spiro atoms. The largest absolute Gasteiger partial charge is 0.488 e. The van der Waals surface area contributed by atoms with E-state index < -0.39 is 5.82 Å². The summed E-state index contributed by atoms with van der Waals surface area (Å²) in [5.41, 5.74) is 7.66. The molecule has 0 radical (unpaired) electrons. The van der Waals surface area contributed by atoms with Crippen LogP contribution in [0.2, 0.25) is 0 Å². The first kappa shape index (κ1) is 15.0. The van der Waals surface area contributed by atoms with Crippen LogP contribution in [0.5, 0.6) is 5.75 Å². The minimum absolute atomic E-state index is 0.102. The summed E-state index contributed by atoms with van der Waals surface area (Å²) in [6.07, 6.45) is 0.797. The van der Waals surface area contributed by atoms with Gasteiger partial charge in [0.2, 0.25) is 0 Å². The third-order valence-electron chi connectivity index (χ3n) is 3.32. The summed E-state index contributed by atoms with van der Waals surface area (Å²) in [5, 5.41) is 8.72. The number of hydrogen-bond donors (Lipinski definition) is 1. The smallest absolute Gasteiger partial charge is 0.131 e. The van der Waals surface area contributed by atoms with E-state index in [2.05, 4.69) is 0 Å². The Balaban J connectivity index is 2.16. The fourth-order valence-electron chi connectivity index (χ4n) is 2.03. The van der Waals surface area contributed by atoms with Gasteiger partial charge in [-0.2, -0.15) is 5.26 Å². The number of rotatable bonds is 5. The summed E-state index contributed by atoms with van der Waals surface area (Å²) in [6.45, 7) is 2.10. The van der Waals surface area contributed by atoms with E-state index in [1.54, 1.807) is 12.1 Å². The third kappa shape index (κ3) is 3.59. The number of hydrogen-bond acceptors (Lipinski definition) is 3. The molecule has 21 heavy (non-hydrogen) atoms. The Hall–Kier alpha value is -2.38. The number of para-hydroxylation sites is 1. The lowest BCUT2D eigenvalue weighted by Crippen LogP contribution is -2.11. The first-order valence-electron chi connectivity index (χ1n) is 6.81. The van der Waals surface area contributed by atoms with Crippen LogP contribution < -0.4 is 10.5 Å². The second-order valence-electron chi connectivity index (χ2n) is 4.76. The molecule has 0 saturated carbocycles. The molecular formula is C17H17FN2O. The van der Waals surface area contributed by atoms with Gasteiger partial charge in [-0.15, -0.1) is 0 Å². The van der Waals surface area contributed by atoms with Crippen LogP contribution in [0.4, 0.5) is 4.39 Å². The van der Waals surface area contributed by atoms with E-state index in [0.717, 1.165) is 12.0 Å². The second-order valence-corrected chi connectivity index (χ2v) is 4.76. The lowest BCUT2D eigenvalue weighted by atomic mass is 10.0. The monoisotopic (exact) mass is 284 g/mol. The zero-order valence-corrected chi connectivity index (χ0v) is 11.8. The highest BCUT2D eigenvalue weighted by molar-refractivity contribution is 5.37. The minimum atomic E-state index is -0.439. The summed E-state index contributed by atoms with van der Waals surface area (Å²) < 4.78 is 19.5. The minimum Gasteiger partial charge on any atom is -0.488 e. The zero-order chi connectivity index (χ0) is 15.2. The number of nitrogens with zero attached hydrogens (tertiary/aromatic N) is 1. The topological polar surface area (TPSA) is 59.0 Å². The molecule has 0 aliphatic rings. The van der Waals surface area contributed by atoms with E-state index in [9.17, 15) is 4.39 Å². The summed E-state index contributed by atoms with van der Waals surface area (Å²) in [6, 6.07) is 13.7. The highest BCUT2D eigenvalue weighted by Crippen LogP contribution is 2.26. The van der Waals surface area contributed by atoms with E-state index in [4.69, 9.17) is 15.7 Å². The van der Waals surface area contributed by atoms with Gasteiger partial charge in [0.05, 0.1) is 11.6 Å². The van der Waals surface area contributed by atoms with Crippen molar-refractivity contribution in [1.29, 1.82) is 5.26 Å². The highest BCUT2D eigenvalue weighted by Gasteiger charge is 2.11. The normalized spacial score (nSPS) is 11.7. The van der Waals surface area contributed by atoms with Crippen LogP contribution in [0.15, 0.2) is 42.5 Å². The molecule has 0 aromatic heterocycles. The summed E-state index contributed by atoms with van der Waals surface area (Å²) in [4.78, 5) is 0.